The normalized spacial score (nSPS) is 25.7. The van der Waals surface area contributed by atoms with E-state index in [1.807, 2.05) is 12.1 Å². The van der Waals surface area contributed by atoms with Gasteiger partial charge in [-0.3, -0.25) is 9.69 Å². The summed E-state index contributed by atoms with van der Waals surface area (Å²) in [5.74, 6) is -0.838. The highest BCUT2D eigenvalue weighted by Crippen LogP contribution is 2.50. The predicted octanol–water partition coefficient (Wildman–Crippen LogP) is 4.34. The van der Waals surface area contributed by atoms with E-state index in [-0.39, 0.29) is 29.4 Å². The van der Waals surface area contributed by atoms with E-state index < -0.39 is 30.1 Å². The van der Waals surface area contributed by atoms with E-state index in [4.69, 9.17) is 28.4 Å². The summed E-state index contributed by atoms with van der Waals surface area (Å²) in [5.41, 5.74) is 4.40. The quantitative estimate of drug-likeness (QED) is 0.218. The van der Waals surface area contributed by atoms with Crippen molar-refractivity contribution in [2.45, 2.75) is 37.5 Å². The number of carbonyl (C=O) groups is 3. The molecule has 3 aromatic rings. The van der Waals surface area contributed by atoms with Gasteiger partial charge in [0.15, 0.2) is 0 Å². The number of nitrogens with one attached hydrogen (secondary N) is 1. The Kier molecular flexibility index (Phi) is 9.06. The molecule has 3 heterocycles. The number of benzene rings is 2. The van der Waals surface area contributed by atoms with Crippen LogP contribution < -0.4 is 9.47 Å². The van der Waals surface area contributed by atoms with Crippen molar-refractivity contribution in [1.29, 1.82) is 0 Å². The number of fused-ring (bicyclic) bond motifs is 6. The van der Waals surface area contributed by atoms with Crippen molar-refractivity contribution in [3.05, 3.63) is 64.9 Å². The maximum absolute atomic E-state index is 13.4. The summed E-state index contributed by atoms with van der Waals surface area (Å²) in [6.45, 7) is 1.67. The minimum Gasteiger partial charge on any atom is -0.497 e. The molecule has 1 N–H and O–H groups in total. The first-order chi connectivity index (χ1) is 22.3. The lowest BCUT2D eigenvalue weighted by molar-refractivity contribution is -0.187. The van der Waals surface area contributed by atoms with E-state index in [0.29, 0.717) is 17.7 Å². The van der Waals surface area contributed by atoms with Crippen molar-refractivity contribution in [3.8, 4) is 11.5 Å². The highest BCUT2D eigenvalue weighted by molar-refractivity contribution is 5.94. The molecule has 1 saturated carbocycles. The van der Waals surface area contributed by atoms with E-state index in [9.17, 15) is 14.4 Å². The summed E-state index contributed by atoms with van der Waals surface area (Å²) in [4.78, 5) is 44.8. The Bertz CT molecular complexity index is 1660. The lowest BCUT2D eigenvalue weighted by Gasteiger charge is -2.52. The molecule has 3 aliphatic rings. The highest BCUT2D eigenvalue weighted by atomic mass is 16.6. The average molecular weight is 633 g/mol. The minimum absolute atomic E-state index is 0.0212. The second-order valence-electron chi connectivity index (χ2n) is 12.1. The molecule has 0 amide bonds. The molecule has 2 aromatic carbocycles. The van der Waals surface area contributed by atoms with Gasteiger partial charge < -0.3 is 33.4 Å². The smallest absolute Gasteiger partial charge is 0.341 e. The highest BCUT2D eigenvalue weighted by Gasteiger charge is 2.54. The van der Waals surface area contributed by atoms with Crippen LogP contribution >= 0.6 is 0 Å². The zero-order valence-corrected chi connectivity index (χ0v) is 26.7. The van der Waals surface area contributed by atoms with Gasteiger partial charge >= 0.3 is 17.9 Å². The van der Waals surface area contributed by atoms with Gasteiger partial charge in [0.05, 0.1) is 40.4 Å². The Hall–Kier alpha value is -4.35. The zero-order valence-electron chi connectivity index (χ0n) is 26.7. The minimum atomic E-state index is -0.667. The molecule has 11 heteroatoms. The van der Waals surface area contributed by atoms with Gasteiger partial charge in [-0.1, -0.05) is 6.07 Å². The Balaban J connectivity index is 1.23. The van der Waals surface area contributed by atoms with E-state index in [1.165, 1.54) is 44.0 Å². The average Bonchev–Trinajstić information content (AvgIpc) is 3.46. The largest absolute Gasteiger partial charge is 0.497 e. The fourth-order valence-corrected chi connectivity index (χ4v) is 7.81. The maximum atomic E-state index is 13.4. The molecule has 0 radical (unpaired) electrons. The monoisotopic (exact) mass is 632 g/mol. The van der Waals surface area contributed by atoms with Crippen LogP contribution in [0.25, 0.3) is 17.0 Å². The molecule has 0 spiro atoms. The van der Waals surface area contributed by atoms with Crippen molar-refractivity contribution in [1.82, 2.24) is 9.88 Å². The third-order valence-electron chi connectivity index (χ3n) is 9.91. The van der Waals surface area contributed by atoms with E-state index >= 15 is 0 Å². The van der Waals surface area contributed by atoms with Crippen LogP contribution in [-0.2, 0) is 35.0 Å². The van der Waals surface area contributed by atoms with Crippen LogP contribution in [0.5, 0.6) is 11.5 Å². The molecule has 2 fully saturated rings. The maximum Gasteiger partial charge on any atom is 0.341 e. The van der Waals surface area contributed by atoms with Crippen molar-refractivity contribution in [2.24, 2.45) is 17.8 Å². The van der Waals surface area contributed by atoms with Crippen LogP contribution in [0.1, 0.15) is 46.1 Å². The van der Waals surface area contributed by atoms with Gasteiger partial charge in [-0.2, -0.15) is 0 Å². The molecule has 2 aliphatic heterocycles. The van der Waals surface area contributed by atoms with Crippen molar-refractivity contribution >= 4 is 34.9 Å². The van der Waals surface area contributed by atoms with Gasteiger partial charge in [0.25, 0.3) is 0 Å². The van der Waals surface area contributed by atoms with Crippen LogP contribution in [0, 0.1) is 17.8 Å². The number of methoxy groups -OCH3 is 5. The van der Waals surface area contributed by atoms with Gasteiger partial charge in [0.2, 0.25) is 0 Å². The number of nitrogens with zero attached hydrogens (tertiary/aromatic N) is 1. The first kappa shape index (κ1) is 31.6. The Morgan fingerprint density at radius 2 is 1.78 bits per heavy atom. The SMILES string of the molecule is COC(=O)c1cc(C=CC(=O)O[C@@H]2C[C@@H]3CN4CCc5c([nH]c6cc(OC)ccc56)[C@H]4C[C@@H]3[C@H](C(=O)OC)[C@H]2OC)ccc1OC. The molecule has 1 aromatic heterocycles. The first-order valence-corrected chi connectivity index (χ1v) is 15.5. The van der Waals surface area contributed by atoms with Crippen molar-refractivity contribution in [3.63, 3.8) is 0 Å². The van der Waals surface area contributed by atoms with Gasteiger partial charge in [0.1, 0.15) is 29.3 Å². The molecule has 6 atom stereocenters. The van der Waals surface area contributed by atoms with Crippen LogP contribution in [0.4, 0.5) is 0 Å². The number of hydrogen-bond donors (Lipinski definition) is 1. The Labute approximate surface area is 267 Å². The van der Waals surface area contributed by atoms with E-state index in [0.717, 1.165) is 37.2 Å². The summed E-state index contributed by atoms with van der Waals surface area (Å²) in [6, 6.07) is 11.2. The number of esters is 3. The number of carbonyl (C=O) groups excluding carboxylic acids is 3. The molecule has 11 nitrogen and oxygen atoms in total. The predicted molar refractivity (Wildman–Crippen MR) is 169 cm³/mol. The van der Waals surface area contributed by atoms with Gasteiger partial charge in [0, 0.05) is 48.9 Å². The number of piperidine rings is 1. The Morgan fingerprint density at radius 3 is 2.50 bits per heavy atom. The fraction of sp³-hybridized carbons (Fsp3) is 0.457. The van der Waals surface area contributed by atoms with E-state index in [1.54, 1.807) is 38.5 Å². The van der Waals surface area contributed by atoms with Gasteiger partial charge in [-0.05, 0) is 72.6 Å². The van der Waals surface area contributed by atoms with Gasteiger partial charge in [-0.25, -0.2) is 9.59 Å². The molecule has 46 heavy (non-hydrogen) atoms. The number of aromatic nitrogens is 1. The first-order valence-electron chi connectivity index (χ1n) is 15.5. The number of rotatable bonds is 8. The van der Waals surface area contributed by atoms with Crippen LogP contribution in [-0.4, -0.2) is 88.6 Å². The number of hydrogen-bond acceptors (Lipinski definition) is 10. The van der Waals surface area contributed by atoms with Crippen molar-refractivity contribution in [2.75, 3.05) is 48.6 Å². The molecule has 1 aliphatic carbocycles. The molecule has 6 rings (SSSR count). The third kappa shape index (κ3) is 5.73. The van der Waals surface area contributed by atoms with Gasteiger partial charge in [-0.15, -0.1) is 0 Å². The zero-order chi connectivity index (χ0) is 32.5. The molecule has 1 saturated heterocycles. The lowest BCUT2D eigenvalue weighted by atomic mass is 9.63. The fourth-order valence-electron chi connectivity index (χ4n) is 7.81. The summed E-state index contributed by atoms with van der Waals surface area (Å²) < 4.78 is 32.7. The molecular weight excluding hydrogens is 592 g/mol. The van der Waals surface area contributed by atoms with Crippen LogP contribution in [0.3, 0.4) is 0 Å². The molecular formula is C35H40N2O9. The summed E-state index contributed by atoms with van der Waals surface area (Å²) in [5, 5.41) is 1.21. The van der Waals surface area contributed by atoms with Crippen LogP contribution in [0.2, 0.25) is 0 Å². The Morgan fingerprint density at radius 1 is 0.957 bits per heavy atom. The third-order valence-corrected chi connectivity index (χ3v) is 9.91. The van der Waals surface area contributed by atoms with Crippen LogP contribution in [0.15, 0.2) is 42.5 Å². The number of H-pyrrole nitrogens is 1. The molecule has 0 unspecified atom stereocenters. The summed E-state index contributed by atoms with van der Waals surface area (Å²) in [7, 11) is 7.35. The standard InChI is InChI=1S/C35H40N2O9/c1-41-21-8-9-22-23-12-13-37-18-20-15-29(46-30(38)11-7-19-6-10-28(42-2)25(14-19)34(39)44-4)33(43-3)31(35(40)45-5)24(20)17-27(37)32(23)36-26(22)16-21/h6-11,14,16,20,24,27,29,31,33,36H,12-13,15,17-18H2,1-5H3/t20-,24+,27-,29-,31+,33+/m1/s1. The number of aromatic amines is 1. The second-order valence-corrected chi connectivity index (χ2v) is 12.1. The molecule has 244 valence electrons. The van der Waals surface area contributed by atoms with Crippen molar-refractivity contribution < 1.29 is 42.8 Å². The lowest BCUT2D eigenvalue weighted by Crippen LogP contribution is -2.58. The van der Waals surface area contributed by atoms with E-state index in [2.05, 4.69) is 16.0 Å². The summed E-state index contributed by atoms with van der Waals surface area (Å²) in [6.07, 6.45) is 3.79. The second kappa shape index (κ2) is 13.2. The number of ether oxygens (including phenoxy) is 6. The topological polar surface area (TPSA) is 126 Å². The molecule has 0 bridgehead atoms. The summed E-state index contributed by atoms with van der Waals surface area (Å²) >= 11 is 0.